The van der Waals surface area contributed by atoms with E-state index < -0.39 is 0 Å². The summed E-state index contributed by atoms with van der Waals surface area (Å²) in [6.45, 7) is 2.79. The first-order valence-electron chi connectivity index (χ1n) is 10.3. The second kappa shape index (κ2) is 7.70. The summed E-state index contributed by atoms with van der Waals surface area (Å²) >= 11 is 0. The first-order chi connectivity index (χ1) is 14.3. The van der Waals surface area contributed by atoms with Gasteiger partial charge in [-0.05, 0) is 36.5 Å². The number of nitrogens with zero attached hydrogens (tertiary/aromatic N) is 4. The van der Waals surface area contributed by atoms with Crippen molar-refractivity contribution in [3.8, 4) is 17.1 Å². The molecule has 6 heteroatoms. The summed E-state index contributed by atoms with van der Waals surface area (Å²) in [6, 6.07) is 18.5. The number of hydrogen-bond acceptors (Lipinski definition) is 4. The molecule has 5 rings (SSSR count). The summed E-state index contributed by atoms with van der Waals surface area (Å²) < 4.78 is 7.86. The van der Waals surface area contributed by atoms with Crippen LogP contribution in [0.25, 0.3) is 11.4 Å². The van der Waals surface area contributed by atoms with Gasteiger partial charge in [-0.15, -0.1) is 10.2 Å². The predicted octanol–water partition coefficient (Wildman–Crippen LogP) is 3.29. The van der Waals surface area contributed by atoms with Gasteiger partial charge in [-0.25, -0.2) is 0 Å². The number of hydrogen-bond donors (Lipinski definition) is 0. The van der Waals surface area contributed by atoms with Gasteiger partial charge in [0.1, 0.15) is 18.2 Å². The number of aromatic nitrogens is 3. The molecule has 0 spiro atoms. The summed E-state index contributed by atoms with van der Waals surface area (Å²) in [7, 11) is 0. The molecule has 0 saturated carbocycles. The predicted molar refractivity (Wildman–Crippen MR) is 110 cm³/mol. The Balaban J connectivity index is 1.28. The highest BCUT2D eigenvalue weighted by atomic mass is 16.5. The zero-order chi connectivity index (χ0) is 19.6. The molecular weight excluding hydrogens is 364 g/mol. The van der Waals surface area contributed by atoms with Crippen LogP contribution >= 0.6 is 0 Å². The van der Waals surface area contributed by atoms with E-state index in [1.165, 1.54) is 5.56 Å². The van der Waals surface area contributed by atoms with E-state index >= 15 is 0 Å². The molecule has 1 saturated heterocycles. The molecule has 0 bridgehead atoms. The van der Waals surface area contributed by atoms with Crippen LogP contribution in [0.5, 0.6) is 5.75 Å². The first kappa shape index (κ1) is 17.9. The Bertz CT molecular complexity index is 1010. The third kappa shape index (κ3) is 3.50. The minimum atomic E-state index is 0.130. The van der Waals surface area contributed by atoms with Crippen LogP contribution in [0.2, 0.25) is 0 Å². The van der Waals surface area contributed by atoms with Gasteiger partial charge in [-0.2, -0.15) is 0 Å². The molecular formula is C23H24N4O2. The van der Waals surface area contributed by atoms with Gasteiger partial charge in [0, 0.05) is 13.1 Å². The molecule has 148 valence electrons. The summed E-state index contributed by atoms with van der Waals surface area (Å²) in [5.41, 5.74) is 2.31. The molecule has 2 aromatic carbocycles. The Kier molecular flexibility index (Phi) is 4.76. The van der Waals surface area contributed by atoms with Gasteiger partial charge in [0.05, 0.1) is 18.5 Å². The summed E-state index contributed by atoms with van der Waals surface area (Å²) in [4.78, 5) is 14.9. The van der Waals surface area contributed by atoms with Crippen molar-refractivity contribution < 1.29 is 9.53 Å². The molecule has 6 nitrogen and oxygen atoms in total. The highest BCUT2D eigenvalue weighted by Crippen LogP contribution is 2.32. The van der Waals surface area contributed by atoms with Crippen LogP contribution in [0.1, 0.15) is 30.1 Å². The largest absolute Gasteiger partial charge is 0.491 e. The summed E-state index contributed by atoms with van der Waals surface area (Å²) in [5, 5.41) is 8.72. The maximum absolute atomic E-state index is 12.9. The van der Waals surface area contributed by atoms with E-state index in [4.69, 9.17) is 4.74 Å². The summed E-state index contributed by atoms with van der Waals surface area (Å²) in [6.07, 6.45) is 2.30. The fourth-order valence-electron chi connectivity index (χ4n) is 4.36. The smallest absolute Gasteiger partial charge is 0.230 e. The lowest BCUT2D eigenvalue weighted by Crippen LogP contribution is -2.39. The minimum absolute atomic E-state index is 0.130. The number of piperidine rings is 1. The molecule has 2 aliphatic rings. The fraction of sp³-hybridized carbons (Fsp3) is 0.348. The molecule has 3 aromatic rings. The van der Waals surface area contributed by atoms with Gasteiger partial charge in [0.25, 0.3) is 0 Å². The van der Waals surface area contributed by atoms with Crippen LogP contribution in [0, 0.1) is 0 Å². The quantitative estimate of drug-likeness (QED) is 0.691. The van der Waals surface area contributed by atoms with Crippen molar-refractivity contribution in [1.82, 2.24) is 19.7 Å². The van der Waals surface area contributed by atoms with Crippen LogP contribution in [-0.4, -0.2) is 45.3 Å². The average Bonchev–Trinajstić information content (AvgIpc) is 3.07. The van der Waals surface area contributed by atoms with Gasteiger partial charge in [-0.3, -0.25) is 4.79 Å². The SMILES string of the molecule is O=C(Cc1nnc2n1CCOc1ccccc1-2)N1CCC(c2ccccc2)CC1. The van der Waals surface area contributed by atoms with Gasteiger partial charge in [-0.1, -0.05) is 42.5 Å². The molecule has 3 heterocycles. The third-order valence-electron chi connectivity index (χ3n) is 5.96. The Morgan fingerprint density at radius 1 is 0.966 bits per heavy atom. The second-order valence-corrected chi connectivity index (χ2v) is 7.68. The van der Waals surface area contributed by atoms with Crippen LogP contribution in [0.4, 0.5) is 0 Å². The maximum atomic E-state index is 12.9. The number of amides is 1. The highest BCUT2D eigenvalue weighted by molar-refractivity contribution is 5.78. The summed E-state index contributed by atoms with van der Waals surface area (Å²) in [5.74, 6) is 2.99. The number of ether oxygens (including phenoxy) is 1. The van der Waals surface area contributed by atoms with Crippen molar-refractivity contribution in [2.24, 2.45) is 0 Å². The number of benzene rings is 2. The molecule has 2 aliphatic heterocycles. The van der Waals surface area contributed by atoms with Gasteiger partial charge >= 0.3 is 0 Å². The van der Waals surface area contributed by atoms with E-state index in [0.29, 0.717) is 19.1 Å². The maximum Gasteiger partial charge on any atom is 0.230 e. The van der Waals surface area contributed by atoms with Crippen molar-refractivity contribution in [3.63, 3.8) is 0 Å². The topological polar surface area (TPSA) is 60.3 Å². The Labute approximate surface area is 170 Å². The van der Waals surface area contributed by atoms with Gasteiger partial charge < -0.3 is 14.2 Å². The number of carbonyl (C=O) groups excluding carboxylic acids is 1. The second-order valence-electron chi connectivity index (χ2n) is 7.68. The first-order valence-corrected chi connectivity index (χ1v) is 10.3. The highest BCUT2D eigenvalue weighted by Gasteiger charge is 2.26. The molecule has 1 amide bonds. The van der Waals surface area contributed by atoms with E-state index in [0.717, 1.165) is 48.9 Å². The lowest BCUT2D eigenvalue weighted by atomic mass is 9.89. The van der Waals surface area contributed by atoms with Crippen molar-refractivity contribution >= 4 is 5.91 Å². The number of rotatable bonds is 3. The monoisotopic (exact) mass is 388 g/mol. The Morgan fingerprint density at radius 2 is 1.72 bits per heavy atom. The van der Waals surface area contributed by atoms with Crippen molar-refractivity contribution in [2.45, 2.75) is 31.7 Å². The fourth-order valence-corrected chi connectivity index (χ4v) is 4.36. The molecule has 1 aromatic heterocycles. The molecule has 0 unspecified atom stereocenters. The van der Waals surface area contributed by atoms with Gasteiger partial charge in [0.15, 0.2) is 5.82 Å². The molecule has 0 radical (unpaired) electrons. The molecule has 0 atom stereocenters. The van der Waals surface area contributed by atoms with Crippen LogP contribution in [-0.2, 0) is 17.8 Å². The zero-order valence-electron chi connectivity index (χ0n) is 16.3. The Morgan fingerprint density at radius 3 is 2.55 bits per heavy atom. The lowest BCUT2D eigenvalue weighted by Gasteiger charge is -2.32. The normalized spacial score (nSPS) is 16.5. The van der Waals surface area contributed by atoms with E-state index in [9.17, 15) is 4.79 Å². The minimum Gasteiger partial charge on any atom is -0.491 e. The van der Waals surface area contributed by atoms with Crippen LogP contribution in [0.15, 0.2) is 54.6 Å². The van der Waals surface area contributed by atoms with E-state index in [-0.39, 0.29) is 12.3 Å². The number of carbonyl (C=O) groups is 1. The van der Waals surface area contributed by atoms with Crippen molar-refractivity contribution in [1.29, 1.82) is 0 Å². The zero-order valence-corrected chi connectivity index (χ0v) is 16.3. The standard InChI is InChI=1S/C23H24N4O2/c28-22(26-12-10-18(11-13-26)17-6-2-1-3-7-17)16-21-24-25-23-19-8-4-5-9-20(19)29-15-14-27(21)23/h1-9,18H,10-16H2. The molecule has 29 heavy (non-hydrogen) atoms. The number of fused-ring (bicyclic) bond motifs is 3. The van der Waals surface area contributed by atoms with Crippen molar-refractivity contribution in [3.05, 3.63) is 66.0 Å². The Hall–Kier alpha value is -3.15. The van der Waals surface area contributed by atoms with E-state index in [2.05, 4.69) is 34.5 Å². The molecule has 0 N–H and O–H groups in total. The average molecular weight is 388 g/mol. The van der Waals surface area contributed by atoms with E-state index in [1.54, 1.807) is 0 Å². The number of likely N-dealkylation sites (tertiary alicyclic amines) is 1. The van der Waals surface area contributed by atoms with Crippen molar-refractivity contribution in [2.75, 3.05) is 19.7 Å². The van der Waals surface area contributed by atoms with E-state index in [1.807, 2.05) is 39.8 Å². The third-order valence-corrected chi connectivity index (χ3v) is 5.96. The lowest BCUT2D eigenvalue weighted by molar-refractivity contribution is -0.131. The molecule has 1 fully saturated rings. The van der Waals surface area contributed by atoms with Gasteiger partial charge in [0.2, 0.25) is 5.91 Å². The molecule has 0 aliphatic carbocycles. The van der Waals surface area contributed by atoms with Crippen LogP contribution in [0.3, 0.4) is 0 Å². The van der Waals surface area contributed by atoms with Crippen LogP contribution < -0.4 is 4.74 Å². The number of para-hydroxylation sites is 1.